The maximum Gasteiger partial charge on any atom is 0.365 e. The number of carbonyl (C=O) groups is 1. The van der Waals surface area contributed by atoms with Crippen LogP contribution in [0.25, 0.3) is 0 Å². The van der Waals surface area contributed by atoms with Gasteiger partial charge >= 0.3 is 5.82 Å². The number of hydrogen-bond acceptors (Lipinski definition) is 5. The van der Waals surface area contributed by atoms with Gasteiger partial charge in [-0.05, 0) is 22.4 Å². The number of nitro groups is 1. The lowest BCUT2D eigenvalue weighted by Gasteiger charge is -2.28. The van der Waals surface area contributed by atoms with Crippen LogP contribution in [0, 0.1) is 16.0 Å². The van der Waals surface area contributed by atoms with E-state index in [4.69, 9.17) is 5.11 Å². The fraction of sp³-hybridized carbons (Fsp3) is 0.455. The molecule has 0 spiro atoms. The highest BCUT2D eigenvalue weighted by atomic mass is 16.6. The fourth-order valence-electron chi connectivity index (χ4n) is 1.95. The Hall–Kier alpha value is -2.02. The van der Waals surface area contributed by atoms with E-state index in [2.05, 4.69) is 4.98 Å². The second kappa shape index (κ2) is 5.09. The summed E-state index contributed by atoms with van der Waals surface area (Å²) in [7, 11) is 0. The van der Waals surface area contributed by atoms with Crippen LogP contribution in [0.15, 0.2) is 18.2 Å². The van der Waals surface area contributed by atoms with Crippen molar-refractivity contribution in [1.29, 1.82) is 0 Å². The summed E-state index contributed by atoms with van der Waals surface area (Å²) in [4.78, 5) is 27.1. The fourth-order valence-corrected chi connectivity index (χ4v) is 1.95. The molecule has 0 aromatic carbocycles. The van der Waals surface area contributed by atoms with E-state index in [1.54, 1.807) is 6.07 Å². The summed E-state index contributed by atoms with van der Waals surface area (Å²) in [5, 5.41) is 19.8. The Morgan fingerprint density at radius 2 is 2.33 bits per heavy atom. The molecular weight excluding hydrogens is 238 g/mol. The summed E-state index contributed by atoms with van der Waals surface area (Å²) in [6, 6.07) is 4.34. The van der Waals surface area contributed by atoms with Gasteiger partial charge in [0.05, 0.1) is 0 Å². The number of piperidine rings is 1. The first-order valence-corrected chi connectivity index (χ1v) is 5.64. The van der Waals surface area contributed by atoms with Crippen LogP contribution in [0.3, 0.4) is 0 Å². The summed E-state index contributed by atoms with van der Waals surface area (Å²) >= 11 is 0. The van der Waals surface area contributed by atoms with Gasteiger partial charge in [0, 0.05) is 37.6 Å². The van der Waals surface area contributed by atoms with E-state index in [1.165, 1.54) is 17.0 Å². The van der Waals surface area contributed by atoms with E-state index in [0.717, 1.165) is 0 Å². The van der Waals surface area contributed by atoms with Gasteiger partial charge in [0.25, 0.3) is 0 Å². The number of rotatable bonds is 3. The Bertz CT molecular complexity index is 477. The number of nitrogens with zero attached hydrogens (tertiary/aromatic N) is 3. The molecule has 1 aromatic rings. The molecule has 0 aliphatic carbocycles. The van der Waals surface area contributed by atoms with Gasteiger partial charge in [-0.2, -0.15) is 0 Å². The number of hydrogen-bond donors (Lipinski definition) is 1. The SMILES string of the molecule is O=C1CCC(CO)CN1c1cccc([N+](=O)[O-])n1. The van der Waals surface area contributed by atoms with E-state index in [-0.39, 0.29) is 30.1 Å². The third kappa shape index (κ3) is 2.45. The van der Waals surface area contributed by atoms with Gasteiger partial charge in [-0.1, -0.05) is 0 Å². The van der Waals surface area contributed by atoms with Crippen LogP contribution in [0.1, 0.15) is 12.8 Å². The van der Waals surface area contributed by atoms with E-state index < -0.39 is 4.92 Å². The Kier molecular flexibility index (Phi) is 3.52. The zero-order valence-electron chi connectivity index (χ0n) is 9.65. The van der Waals surface area contributed by atoms with Crippen LogP contribution in [0.4, 0.5) is 11.6 Å². The second-order valence-corrected chi connectivity index (χ2v) is 4.20. The molecule has 1 atom stereocenters. The van der Waals surface area contributed by atoms with Crippen molar-refractivity contribution in [3.8, 4) is 0 Å². The molecule has 2 heterocycles. The zero-order valence-corrected chi connectivity index (χ0v) is 9.65. The van der Waals surface area contributed by atoms with E-state index in [1.807, 2.05) is 0 Å². The number of pyridine rings is 1. The topological polar surface area (TPSA) is 96.6 Å². The van der Waals surface area contributed by atoms with Crippen LogP contribution in [0.5, 0.6) is 0 Å². The second-order valence-electron chi connectivity index (χ2n) is 4.20. The van der Waals surface area contributed by atoms with Crippen molar-refractivity contribution in [1.82, 2.24) is 4.98 Å². The van der Waals surface area contributed by atoms with Gasteiger partial charge in [0.15, 0.2) is 0 Å². The average molecular weight is 251 g/mol. The van der Waals surface area contributed by atoms with E-state index in [9.17, 15) is 14.9 Å². The normalized spacial score (nSPS) is 19.9. The van der Waals surface area contributed by atoms with E-state index in [0.29, 0.717) is 19.4 Å². The molecule has 96 valence electrons. The minimum absolute atomic E-state index is 0.00128. The Morgan fingerprint density at radius 1 is 1.56 bits per heavy atom. The first-order valence-electron chi connectivity index (χ1n) is 5.64. The van der Waals surface area contributed by atoms with Crippen molar-refractivity contribution in [3.05, 3.63) is 28.3 Å². The lowest BCUT2D eigenvalue weighted by molar-refractivity contribution is -0.389. The Balaban J connectivity index is 2.26. The van der Waals surface area contributed by atoms with Gasteiger partial charge in [-0.3, -0.25) is 9.69 Å². The maximum atomic E-state index is 11.8. The predicted octanol–water partition coefficient (Wildman–Crippen LogP) is 0.725. The summed E-state index contributed by atoms with van der Waals surface area (Å²) < 4.78 is 0. The first-order chi connectivity index (χ1) is 8.61. The lowest BCUT2D eigenvalue weighted by atomic mass is 9.98. The van der Waals surface area contributed by atoms with Crippen molar-refractivity contribution >= 4 is 17.5 Å². The molecule has 1 aliphatic heterocycles. The number of amides is 1. The van der Waals surface area contributed by atoms with Crippen LogP contribution < -0.4 is 4.90 Å². The zero-order chi connectivity index (χ0) is 13.1. The number of aromatic nitrogens is 1. The van der Waals surface area contributed by atoms with Gasteiger partial charge in [-0.15, -0.1) is 0 Å². The molecular formula is C11H13N3O4. The minimum Gasteiger partial charge on any atom is -0.396 e. The highest BCUT2D eigenvalue weighted by Gasteiger charge is 2.29. The van der Waals surface area contributed by atoms with Gasteiger partial charge in [-0.25, -0.2) is 0 Å². The molecule has 1 amide bonds. The molecule has 0 bridgehead atoms. The molecule has 0 saturated carbocycles. The van der Waals surface area contributed by atoms with Crippen molar-refractivity contribution in [2.24, 2.45) is 5.92 Å². The molecule has 1 aromatic heterocycles. The van der Waals surface area contributed by atoms with E-state index >= 15 is 0 Å². The first kappa shape index (κ1) is 12.4. The maximum absolute atomic E-state index is 11.8. The smallest absolute Gasteiger partial charge is 0.365 e. The van der Waals surface area contributed by atoms with Crippen LogP contribution in [0.2, 0.25) is 0 Å². The third-order valence-electron chi connectivity index (χ3n) is 2.95. The van der Waals surface area contributed by atoms with Crippen LogP contribution in [-0.4, -0.2) is 34.1 Å². The molecule has 1 aliphatic rings. The largest absolute Gasteiger partial charge is 0.396 e. The summed E-state index contributed by atoms with van der Waals surface area (Å²) in [6.45, 7) is 0.349. The summed E-state index contributed by atoms with van der Waals surface area (Å²) in [6.07, 6.45) is 0.969. The molecule has 1 unspecified atom stereocenters. The molecule has 2 rings (SSSR count). The summed E-state index contributed by atoms with van der Waals surface area (Å²) in [5.41, 5.74) is 0. The molecule has 1 fully saturated rings. The molecule has 1 N–H and O–H groups in total. The Labute approximate surface area is 103 Å². The summed E-state index contributed by atoms with van der Waals surface area (Å²) in [5.74, 6) is -0.129. The van der Waals surface area contributed by atoms with Crippen LogP contribution >= 0.6 is 0 Å². The van der Waals surface area contributed by atoms with Crippen molar-refractivity contribution in [2.45, 2.75) is 12.8 Å². The van der Waals surface area contributed by atoms with Gasteiger partial charge < -0.3 is 15.2 Å². The molecule has 7 nitrogen and oxygen atoms in total. The third-order valence-corrected chi connectivity index (χ3v) is 2.95. The highest BCUT2D eigenvalue weighted by molar-refractivity contribution is 5.93. The van der Waals surface area contributed by atoms with Crippen molar-refractivity contribution < 1.29 is 14.8 Å². The van der Waals surface area contributed by atoms with Crippen molar-refractivity contribution in [2.75, 3.05) is 18.1 Å². The van der Waals surface area contributed by atoms with Crippen LogP contribution in [-0.2, 0) is 4.79 Å². The van der Waals surface area contributed by atoms with Crippen molar-refractivity contribution in [3.63, 3.8) is 0 Å². The number of aliphatic hydroxyl groups is 1. The standard InChI is InChI=1S/C11H13N3O4/c15-7-8-4-5-11(16)13(6-8)9-2-1-3-10(12-9)14(17)18/h1-3,8,15H,4-7H2. The minimum atomic E-state index is -0.596. The molecule has 18 heavy (non-hydrogen) atoms. The molecule has 7 heteroatoms. The average Bonchev–Trinajstić information content (AvgIpc) is 2.39. The van der Waals surface area contributed by atoms with Gasteiger partial charge in [0.2, 0.25) is 11.7 Å². The number of aliphatic hydroxyl groups excluding tert-OH is 1. The monoisotopic (exact) mass is 251 g/mol. The molecule has 0 radical (unpaired) electrons. The van der Waals surface area contributed by atoms with Gasteiger partial charge in [0.1, 0.15) is 0 Å². The molecule has 1 saturated heterocycles. The Morgan fingerprint density at radius 3 is 3.00 bits per heavy atom. The highest BCUT2D eigenvalue weighted by Crippen LogP contribution is 2.23. The number of anilines is 1. The number of carbonyl (C=O) groups excluding carboxylic acids is 1. The quantitative estimate of drug-likeness (QED) is 0.630. The lowest BCUT2D eigenvalue weighted by Crippen LogP contribution is -2.41. The predicted molar refractivity (Wildman–Crippen MR) is 63.1 cm³/mol.